The number of carbonyl (C=O) groups excluding carboxylic acids is 1. The van der Waals surface area contributed by atoms with Crippen LogP contribution in [0, 0.1) is 5.92 Å². The van der Waals surface area contributed by atoms with Gasteiger partial charge in [0, 0.05) is 11.0 Å². The highest BCUT2D eigenvalue weighted by Crippen LogP contribution is 2.34. The van der Waals surface area contributed by atoms with E-state index in [4.69, 9.17) is 4.74 Å². The molecule has 0 spiro atoms. The monoisotopic (exact) mass is 280 g/mol. The number of thioether (sulfide) groups is 1. The average Bonchev–Trinajstić information content (AvgIpc) is 2.38. The fourth-order valence-electron chi connectivity index (χ4n) is 1.91. The normalized spacial score (nSPS) is 12.4. The Kier molecular flexibility index (Phi) is 7.65. The maximum absolute atomic E-state index is 11.3. The minimum Gasteiger partial charge on any atom is -0.466 e. The summed E-state index contributed by atoms with van der Waals surface area (Å²) in [4.78, 5) is 11.3. The van der Waals surface area contributed by atoms with Crippen LogP contribution >= 0.6 is 11.8 Å². The van der Waals surface area contributed by atoms with Crippen molar-refractivity contribution in [3.05, 3.63) is 35.9 Å². The van der Waals surface area contributed by atoms with Crippen molar-refractivity contribution in [3.8, 4) is 0 Å². The highest BCUT2D eigenvalue weighted by Gasteiger charge is 2.14. The number of rotatable bonds is 8. The first-order chi connectivity index (χ1) is 9.13. The van der Waals surface area contributed by atoms with E-state index in [0.717, 1.165) is 12.2 Å². The molecule has 0 aromatic heterocycles. The molecule has 106 valence electrons. The fourth-order valence-corrected chi connectivity index (χ4v) is 3.35. The van der Waals surface area contributed by atoms with Crippen LogP contribution in [0.1, 0.15) is 44.4 Å². The third kappa shape index (κ3) is 6.67. The largest absolute Gasteiger partial charge is 0.466 e. The van der Waals surface area contributed by atoms with Crippen molar-refractivity contribution in [1.29, 1.82) is 0 Å². The van der Waals surface area contributed by atoms with E-state index in [-0.39, 0.29) is 5.97 Å². The van der Waals surface area contributed by atoms with E-state index in [0.29, 0.717) is 24.2 Å². The predicted octanol–water partition coefficient (Wildman–Crippen LogP) is 4.46. The van der Waals surface area contributed by atoms with E-state index in [2.05, 4.69) is 38.1 Å². The Hall–Kier alpha value is -0.960. The molecule has 1 rings (SSSR count). The molecule has 0 saturated carbocycles. The van der Waals surface area contributed by atoms with Crippen molar-refractivity contribution in [2.75, 3.05) is 12.4 Å². The quantitative estimate of drug-likeness (QED) is 0.658. The third-order valence-corrected chi connectivity index (χ3v) is 4.09. The lowest BCUT2D eigenvalue weighted by atomic mass is 10.0. The molecule has 0 aliphatic heterocycles. The molecule has 0 N–H and O–H groups in total. The van der Waals surface area contributed by atoms with Crippen molar-refractivity contribution >= 4 is 17.7 Å². The number of hydrogen-bond acceptors (Lipinski definition) is 3. The van der Waals surface area contributed by atoms with E-state index < -0.39 is 0 Å². The number of esters is 1. The molecule has 1 atom stereocenters. The second-order valence-electron chi connectivity index (χ2n) is 4.95. The van der Waals surface area contributed by atoms with Crippen LogP contribution in [0.15, 0.2) is 30.3 Å². The predicted molar refractivity (Wildman–Crippen MR) is 82.3 cm³/mol. The Labute approximate surface area is 120 Å². The van der Waals surface area contributed by atoms with Gasteiger partial charge in [0.05, 0.1) is 13.0 Å². The van der Waals surface area contributed by atoms with Crippen molar-refractivity contribution in [2.45, 2.75) is 38.9 Å². The molecule has 0 fully saturated rings. The second-order valence-corrected chi connectivity index (χ2v) is 6.27. The van der Waals surface area contributed by atoms with E-state index >= 15 is 0 Å². The van der Waals surface area contributed by atoms with Gasteiger partial charge >= 0.3 is 5.97 Å². The van der Waals surface area contributed by atoms with Crippen LogP contribution < -0.4 is 0 Å². The topological polar surface area (TPSA) is 26.3 Å². The maximum atomic E-state index is 11.3. The molecule has 1 aromatic carbocycles. The standard InChI is InChI=1S/C16H24O2S/c1-4-18-16(17)10-11-19-15(12-13(2)3)14-8-6-5-7-9-14/h5-9,13,15H,4,10-12H2,1-3H3. The first kappa shape index (κ1) is 16.1. The Balaban J connectivity index is 2.49. The van der Waals surface area contributed by atoms with Crippen LogP contribution in [-0.2, 0) is 9.53 Å². The van der Waals surface area contributed by atoms with Crippen LogP contribution in [-0.4, -0.2) is 18.3 Å². The van der Waals surface area contributed by atoms with Crippen molar-refractivity contribution < 1.29 is 9.53 Å². The highest BCUT2D eigenvalue weighted by molar-refractivity contribution is 7.99. The fraction of sp³-hybridized carbons (Fsp3) is 0.562. The molecular formula is C16H24O2S. The molecule has 0 aliphatic carbocycles. The van der Waals surface area contributed by atoms with Gasteiger partial charge in [-0.3, -0.25) is 4.79 Å². The van der Waals surface area contributed by atoms with Gasteiger partial charge in [0.1, 0.15) is 0 Å². The van der Waals surface area contributed by atoms with Crippen molar-refractivity contribution in [2.24, 2.45) is 5.92 Å². The third-order valence-electron chi connectivity index (χ3n) is 2.79. The summed E-state index contributed by atoms with van der Waals surface area (Å²) in [6, 6.07) is 10.5. The molecule has 0 aliphatic rings. The molecule has 1 aromatic rings. The summed E-state index contributed by atoms with van der Waals surface area (Å²) < 4.78 is 4.96. The SMILES string of the molecule is CCOC(=O)CCSC(CC(C)C)c1ccccc1. The summed E-state index contributed by atoms with van der Waals surface area (Å²) >= 11 is 1.86. The van der Waals surface area contributed by atoms with Crippen LogP contribution in [0.2, 0.25) is 0 Å². The van der Waals surface area contributed by atoms with E-state index in [1.165, 1.54) is 5.56 Å². The van der Waals surface area contributed by atoms with Crippen LogP contribution in [0.3, 0.4) is 0 Å². The van der Waals surface area contributed by atoms with E-state index in [9.17, 15) is 4.79 Å². The van der Waals surface area contributed by atoms with Gasteiger partial charge in [0.15, 0.2) is 0 Å². The first-order valence-electron chi connectivity index (χ1n) is 6.95. The molecule has 19 heavy (non-hydrogen) atoms. The Morgan fingerprint density at radius 3 is 2.53 bits per heavy atom. The van der Waals surface area contributed by atoms with Gasteiger partial charge in [-0.1, -0.05) is 44.2 Å². The zero-order chi connectivity index (χ0) is 14.1. The average molecular weight is 280 g/mol. The van der Waals surface area contributed by atoms with Crippen molar-refractivity contribution in [1.82, 2.24) is 0 Å². The molecular weight excluding hydrogens is 256 g/mol. The highest BCUT2D eigenvalue weighted by atomic mass is 32.2. The lowest BCUT2D eigenvalue weighted by Crippen LogP contribution is -2.06. The summed E-state index contributed by atoms with van der Waals surface area (Å²) in [6.45, 7) is 6.79. The van der Waals surface area contributed by atoms with Gasteiger partial charge < -0.3 is 4.74 Å². The summed E-state index contributed by atoms with van der Waals surface area (Å²) in [5, 5.41) is 0.468. The molecule has 0 bridgehead atoms. The van der Waals surface area contributed by atoms with Gasteiger partial charge in [-0.05, 0) is 24.8 Å². The summed E-state index contributed by atoms with van der Waals surface area (Å²) in [5.41, 5.74) is 1.35. The number of ether oxygens (including phenoxy) is 1. The smallest absolute Gasteiger partial charge is 0.306 e. The molecule has 1 unspecified atom stereocenters. The van der Waals surface area contributed by atoms with Gasteiger partial charge in [-0.2, -0.15) is 11.8 Å². The number of hydrogen-bond donors (Lipinski definition) is 0. The van der Waals surface area contributed by atoms with E-state index in [1.807, 2.05) is 24.8 Å². The number of benzene rings is 1. The van der Waals surface area contributed by atoms with Crippen molar-refractivity contribution in [3.63, 3.8) is 0 Å². The number of carbonyl (C=O) groups is 1. The Morgan fingerprint density at radius 1 is 1.26 bits per heavy atom. The second kappa shape index (κ2) is 9.03. The molecule has 0 heterocycles. The van der Waals surface area contributed by atoms with Crippen LogP contribution in [0.4, 0.5) is 0 Å². The van der Waals surface area contributed by atoms with Crippen LogP contribution in [0.5, 0.6) is 0 Å². The molecule has 3 heteroatoms. The lowest BCUT2D eigenvalue weighted by molar-refractivity contribution is -0.142. The maximum Gasteiger partial charge on any atom is 0.306 e. The first-order valence-corrected chi connectivity index (χ1v) is 8.00. The Bertz CT molecular complexity index is 362. The van der Waals surface area contributed by atoms with Gasteiger partial charge in [-0.15, -0.1) is 0 Å². The molecule has 0 amide bonds. The minimum absolute atomic E-state index is 0.0913. The zero-order valence-corrected chi connectivity index (χ0v) is 12.9. The zero-order valence-electron chi connectivity index (χ0n) is 12.1. The molecule has 2 nitrogen and oxygen atoms in total. The van der Waals surface area contributed by atoms with Gasteiger partial charge in [0.25, 0.3) is 0 Å². The lowest BCUT2D eigenvalue weighted by Gasteiger charge is -2.19. The Morgan fingerprint density at radius 2 is 1.95 bits per heavy atom. The summed E-state index contributed by atoms with van der Waals surface area (Å²) in [7, 11) is 0. The summed E-state index contributed by atoms with van der Waals surface area (Å²) in [5.74, 6) is 1.39. The van der Waals surface area contributed by atoms with Gasteiger partial charge in [-0.25, -0.2) is 0 Å². The molecule has 0 radical (unpaired) electrons. The van der Waals surface area contributed by atoms with Gasteiger partial charge in [0.2, 0.25) is 0 Å². The molecule has 0 saturated heterocycles. The minimum atomic E-state index is -0.0913. The summed E-state index contributed by atoms with van der Waals surface area (Å²) in [6.07, 6.45) is 1.64. The van der Waals surface area contributed by atoms with E-state index in [1.54, 1.807) is 0 Å². The van der Waals surface area contributed by atoms with Crippen LogP contribution in [0.25, 0.3) is 0 Å².